The van der Waals surface area contributed by atoms with Gasteiger partial charge in [0.1, 0.15) is 0 Å². The van der Waals surface area contributed by atoms with E-state index in [0.717, 1.165) is 12.8 Å². The second-order valence-corrected chi connectivity index (χ2v) is 5.04. The second-order valence-electron chi connectivity index (χ2n) is 3.57. The molecule has 1 aliphatic heterocycles. The summed E-state index contributed by atoms with van der Waals surface area (Å²) in [6.07, 6.45) is 1.79. The van der Waals surface area contributed by atoms with Crippen LogP contribution in [0.5, 0.6) is 17.2 Å². The van der Waals surface area contributed by atoms with Crippen LogP contribution < -0.4 is 6.03 Å². The molecular weight excluding hydrogens is 334 g/mol. The standard InChI is InChI=1S/C11H14O5.Sb/c1-2-3-4-16-11(15)7-5-8(12)10(14)9(13)6-7;/h5-6,12-14H,2-4H2,1H3;/q;+2/p-2. The number of unbranched alkanes of at least 4 members (excludes halogenated alkanes) is 1. The molecule has 91 valence electrons. The van der Waals surface area contributed by atoms with Gasteiger partial charge in [0.15, 0.2) is 0 Å². The first-order chi connectivity index (χ1) is 8.22. The van der Waals surface area contributed by atoms with E-state index >= 15 is 0 Å². The topological polar surface area (TPSA) is 65.0 Å². The van der Waals surface area contributed by atoms with Gasteiger partial charge in [0.25, 0.3) is 0 Å². The molecule has 0 saturated carbocycles. The molecule has 1 heterocycles. The molecule has 1 radical (unpaired) electrons. The summed E-state index contributed by atoms with van der Waals surface area (Å²) >= 11 is -1.20. The Morgan fingerprint density at radius 1 is 1.47 bits per heavy atom. The number of phenols is 1. The first-order valence-electron chi connectivity index (χ1n) is 5.31. The van der Waals surface area contributed by atoms with Gasteiger partial charge >= 0.3 is 110 Å². The SMILES string of the molecule is CCCCOC(=O)c1cc(O)c2c(c1)[O][Sb][O]2. The van der Waals surface area contributed by atoms with Gasteiger partial charge in [-0.1, -0.05) is 0 Å². The predicted octanol–water partition coefficient (Wildman–Crippen LogP) is 1.65. The molecule has 17 heavy (non-hydrogen) atoms. The Balaban J connectivity index is 2.11. The predicted molar refractivity (Wildman–Crippen MR) is 60.3 cm³/mol. The fourth-order valence-electron chi connectivity index (χ4n) is 1.35. The second kappa shape index (κ2) is 5.50. The number of phenolic OH excluding ortho intramolecular Hbond substituents is 1. The first-order valence-corrected chi connectivity index (χ1v) is 7.39. The van der Waals surface area contributed by atoms with Gasteiger partial charge in [-0.3, -0.25) is 0 Å². The van der Waals surface area contributed by atoms with Gasteiger partial charge in [0.05, 0.1) is 0 Å². The number of carbonyl (C=O) groups excluding carboxylic acids is 1. The molecular formula is C11H12O5Sb. The van der Waals surface area contributed by atoms with E-state index in [2.05, 4.69) is 0 Å². The van der Waals surface area contributed by atoms with Gasteiger partial charge in [-0.2, -0.15) is 0 Å². The van der Waals surface area contributed by atoms with E-state index in [1.165, 1.54) is 6.07 Å². The fraction of sp³-hybridized carbons (Fsp3) is 0.364. The maximum absolute atomic E-state index is 11.7. The van der Waals surface area contributed by atoms with Crippen molar-refractivity contribution in [3.8, 4) is 17.2 Å². The van der Waals surface area contributed by atoms with Crippen molar-refractivity contribution in [3.05, 3.63) is 17.7 Å². The number of rotatable bonds is 4. The molecule has 0 unspecified atom stereocenters. The van der Waals surface area contributed by atoms with Crippen molar-refractivity contribution in [2.75, 3.05) is 6.61 Å². The van der Waals surface area contributed by atoms with Crippen LogP contribution in [-0.2, 0) is 4.74 Å². The van der Waals surface area contributed by atoms with Gasteiger partial charge in [0, 0.05) is 0 Å². The summed E-state index contributed by atoms with van der Waals surface area (Å²) in [6.45, 7) is 2.41. The molecule has 0 fully saturated rings. The number of esters is 1. The number of carbonyl (C=O) groups is 1. The molecule has 0 amide bonds. The van der Waals surface area contributed by atoms with Crippen LogP contribution in [0.3, 0.4) is 0 Å². The number of aromatic hydroxyl groups is 1. The minimum absolute atomic E-state index is 0.0714. The molecule has 1 aromatic rings. The van der Waals surface area contributed by atoms with Crippen LogP contribution in [-0.4, -0.2) is 40.1 Å². The van der Waals surface area contributed by atoms with Crippen molar-refractivity contribution in [1.82, 2.24) is 0 Å². The summed E-state index contributed by atoms with van der Waals surface area (Å²) < 4.78 is 15.5. The van der Waals surface area contributed by atoms with E-state index in [1.807, 2.05) is 6.92 Å². The van der Waals surface area contributed by atoms with Crippen LogP contribution in [0.15, 0.2) is 12.1 Å². The average Bonchev–Trinajstić information content (AvgIpc) is 2.77. The zero-order valence-corrected chi connectivity index (χ0v) is 11.9. The molecule has 0 bridgehead atoms. The van der Waals surface area contributed by atoms with Gasteiger partial charge in [-0.15, -0.1) is 0 Å². The quantitative estimate of drug-likeness (QED) is 0.510. The van der Waals surface area contributed by atoms with E-state index in [0.29, 0.717) is 23.7 Å². The van der Waals surface area contributed by atoms with Crippen molar-refractivity contribution >= 4 is 28.4 Å². The number of ether oxygens (including phenoxy) is 1. The van der Waals surface area contributed by atoms with Crippen molar-refractivity contribution in [1.29, 1.82) is 0 Å². The molecule has 2 rings (SSSR count). The minimum atomic E-state index is -1.20. The van der Waals surface area contributed by atoms with Crippen LogP contribution in [0, 0.1) is 0 Å². The third-order valence-corrected chi connectivity index (χ3v) is 3.77. The molecule has 0 spiro atoms. The monoisotopic (exact) mass is 345 g/mol. The van der Waals surface area contributed by atoms with Crippen molar-refractivity contribution in [2.24, 2.45) is 0 Å². The molecule has 1 aliphatic rings. The zero-order chi connectivity index (χ0) is 12.3. The Morgan fingerprint density at radius 2 is 2.29 bits per heavy atom. The van der Waals surface area contributed by atoms with Crippen LogP contribution in [0.25, 0.3) is 0 Å². The number of benzene rings is 1. The van der Waals surface area contributed by atoms with Crippen LogP contribution in [0.2, 0.25) is 0 Å². The summed E-state index contributed by atoms with van der Waals surface area (Å²) in [5.41, 5.74) is 0.291. The van der Waals surface area contributed by atoms with Gasteiger partial charge in [0.2, 0.25) is 0 Å². The zero-order valence-electron chi connectivity index (χ0n) is 9.30. The van der Waals surface area contributed by atoms with E-state index in [-0.39, 0.29) is 5.75 Å². The van der Waals surface area contributed by atoms with Gasteiger partial charge in [-0.05, 0) is 0 Å². The summed E-state index contributed by atoms with van der Waals surface area (Å²) in [6, 6.07) is 2.89. The summed E-state index contributed by atoms with van der Waals surface area (Å²) in [5.74, 6) is 0.254. The maximum atomic E-state index is 11.7. The fourth-order valence-corrected chi connectivity index (χ4v) is 2.81. The Hall–Kier alpha value is -1.09. The Labute approximate surface area is 110 Å². The molecule has 0 atom stereocenters. The van der Waals surface area contributed by atoms with E-state index in [1.54, 1.807) is 6.07 Å². The summed E-state index contributed by atoms with van der Waals surface area (Å²) in [5, 5.41) is 9.64. The third-order valence-electron chi connectivity index (χ3n) is 2.27. The molecule has 0 aliphatic carbocycles. The van der Waals surface area contributed by atoms with Crippen LogP contribution in [0.4, 0.5) is 0 Å². The third kappa shape index (κ3) is 2.78. The van der Waals surface area contributed by atoms with E-state index in [9.17, 15) is 9.90 Å². The summed E-state index contributed by atoms with van der Waals surface area (Å²) in [7, 11) is 0. The Morgan fingerprint density at radius 3 is 3.06 bits per heavy atom. The van der Waals surface area contributed by atoms with Crippen molar-refractivity contribution in [3.63, 3.8) is 0 Å². The Bertz CT molecular complexity index is 432. The van der Waals surface area contributed by atoms with Gasteiger partial charge < -0.3 is 0 Å². The normalized spacial score (nSPS) is 12.5. The molecule has 0 aromatic heterocycles. The van der Waals surface area contributed by atoms with Crippen molar-refractivity contribution in [2.45, 2.75) is 19.8 Å². The first kappa shape index (κ1) is 12.4. The molecule has 1 N–H and O–H groups in total. The summed E-state index contributed by atoms with van der Waals surface area (Å²) in [4.78, 5) is 11.7. The van der Waals surface area contributed by atoms with Gasteiger partial charge in [-0.25, -0.2) is 0 Å². The Kier molecular flexibility index (Phi) is 4.00. The van der Waals surface area contributed by atoms with Crippen molar-refractivity contribution < 1.29 is 20.7 Å². The average molecular weight is 346 g/mol. The number of hydrogen-bond donors (Lipinski definition) is 1. The van der Waals surface area contributed by atoms with E-state index in [4.69, 9.17) is 10.8 Å². The molecule has 1 aromatic carbocycles. The van der Waals surface area contributed by atoms with Crippen LogP contribution >= 0.6 is 0 Å². The van der Waals surface area contributed by atoms with E-state index < -0.39 is 28.4 Å². The number of fused-ring (bicyclic) bond motifs is 1. The molecule has 0 saturated heterocycles. The number of hydrogen-bond acceptors (Lipinski definition) is 5. The van der Waals surface area contributed by atoms with Crippen LogP contribution in [0.1, 0.15) is 30.1 Å². The molecule has 6 heteroatoms. The molecule has 5 nitrogen and oxygen atoms in total.